The van der Waals surface area contributed by atoms with Gasteiger partial charge >= 0.3 is 0 Å². The molecule has 0 fully saturated rings. The summed E-state index contributed by atoms with van der Waals surface area (Å²) >= 11 is 8.18. The van der Waals surface area contributed by atoms with E-state index in [0.29, 0.717) is 10.6 Å². The standard InChI is InChI=1S/C13H9ClINO3/c14-13-7-11(16(17)18)5-4-9(13)8-19-12-3-1-2-10(15)6-12/h1-7H,8H2. The number of rotatable bonds is 4. The summed E-state index contributed by atoms with van der Waals surface area (Å²) in [6, 6.07) is 12.0. The fourth-order valence-electron chi connectivity index (χ4n) is 1.48. The van der Waals surface area contributed by atoms with Crippen molar-refractivity contribution in [1.29, 1.82) is 0 Å². The van der Waals surface area contributed by atoms with Gasteiger partial charge in [-0.25, -0.2) is 0 Å². The summed E-state index contributed by atoms with van der Waals surface area (Å²) in [5.74, 6) is 0.737. The summed E-state index contributed by atoms with van der Waals surface area (Å²) in [5, 5.41) is 10.9. The maximum absolute atomic E-state index is 10.6. The first-order valence-corrected chi connectivity index (χ1v) is 6.83. The molecule has 4 nitrogen and oxygen atoms in total. The fourth-order valence-corrected chi connectivity index (χ4v) is 2.23. The van der Waals surface area contributed by atoms with Crippen LogP contribution < -0.4 is 4.74 Å². The largest absolute Gasteiger partial charge is 0.489 e. The van der Waals surface area contributed by atoms with Crippen LogP contribution in [-0.2, 0) is 6.61 Å². The molecule has 0 aliphatic heterocycles. The summed E-state index contributed by atoms with van der Waals surface area (Å²) in [5.41, 5.74) is 0.689. The maximum atomic E-state index is 10.6. The SMILES string of the molecule is O=[N+]([O-])c1ccc(COc2cccc(I)c2)c(Cl)c1. The Morgan fingerprint density at radius 3 is 2.68 bits per heavy atom. The van der Waals surface area contributed by atoms with Gasteiger partial charge in [0, 0.05) is 21.3 Å². The van der Waals surface area contributed by atoms with Crippen molar-refractivity contribution in [3.05, 3.63) is 66.7 Å². The number of halogens is 2. The van der Waals surface area contributed by atoms with Crippen molar-refractivity contribution in [3.63, 3.8) is 0 Å². The van der Waals surface area contributed by atoms with E-state index in [1.807, 2.05) is 24.3 Å². The summed E-state index contributed by atoms with van der Waals surface area (Å²) in [6.07, 6.45) is 0. The minimum absolute atomic E-state index is 0.0250. The highest BCUT2D eigenvalue weighted by atomic mass is 127. The third kappa shape index (κ3) is 3.81. The molecule has 0 atom stereocenters. The third-order valence-corrected chi connectivity index (χ3v) is 3.46. The number of hydrogen-bond acceptors (Lipinski definition) is 3. The van der Waals surface area contributed by atoms with Gasteiger partial charge in [-0.05, 0) is 46.9 Å². The van der Waals surface area contributed by atoms with E-state index < -0.39 is 4.92 Å². The summed E-state index contributed by atoms with van der Waals surface area (Å²) < 4.78 is 6.67. The lowest BCUT2D eigenvalue weighted by molar-refractivity contribution is -0.384. The molecule has 0 aliphatic rings. The van der Waals surface area contributed by atoms with Gasteiger partial charge in [-0.15, -0.1) is 0 Å². The first-order chi connectivity index (χ1) is 9.06. The minimum atomic E-state index is -0.476. The van der Waals surface area contributed by atoms with Gasteiger partial charge < -0.3 is 4.74 Å². The van der Waals surface area contributed by atoms with Gasteiger partial charge in [0.15, 0.2) is 0 Å². The normalized spacial score (nSPS) is 10.2. The molecule has 0 heterocycles. The maximum Gasteiger partial charge on any atom is 0.270 e. The molecule has 0 aliphatic carbocycles. The molecule has 2 rings (SSSR count). The van der Waals surface area contributed by atoms with Crippen LogP contribution >= 0.6 is 34.2 Å². The molecule has 0 radical (unpaired) electrons. The minimum Gasteiger partial charge on any atom is -0.489 e. The van der Waals surface area contributed by atoms with Gasteiger partial charge in [0.05, 0.1) is 9.95 Å². The highest BCUT2D eigenvalue weighted by molar-refractivity contribution is 14.1. The lowest BCUT2D eigenvalue weighted by Gasteiger charge is -2.08. The molecular weight excluding hydrogens is 381 g/mol. The van der Waals surface area contributed by atoms with Crippen molar-refractivity contribution in [3.8, 4) is 5.75 Å². The number of non-ortho nitro benzene ring substituents is 1. The number of hydrogen-bond donors (Lipinski definition) is 0. The zero-order chi connectivity index (χ0) is 13.8. The molecule has 0 spiro atoms. The van der Waals surface area contributed by atoms with Crippen LogP contribution in [0.25, 0.3) is 0 Å². The van der Waals surface area contributed by atoms with E-state index in [9.17, 15) is 10.1 Å². The molecule has 0 N–H and O–H groups in total. The van der Waals surface area contributed by atoms with Crippen molar-refractivity contribution < 1.29 is 9.66 Å². The van der Waals surface area contributed by atoms with Crippen molar-refractivity contribution in [2.45, 2.75) is 6.61 Å². The second kappa shape index (κ2) is 6.21. The van der Waals surface area contributed by atoms with Crippen LogP contribution in [0, 0.1) is 13.7 Å². The molecule has 0 saturated heterocycles. The van der Waals surface area contributed by atoms with Gasteiger partial charge in [0.25, 0.3) is 5.69 Å². The van der Waals surface area contributed by atoms with Crippen molar-refractivity contribution >= 4 is 39.9 Å². The zero-order valence-corrected chi connectivity index (χ0v) is 12.6. The van der Waals surface area contributed by atoms with Crippen molar-refractivity contribution in [1.82, 2.24) is 0 Å². The topological polar surface area (TPSA) is 52.4 Å². The fraction of sp³-hybridized carbons (Fsp3) is 0.0769. The Morgan fingerprint density at radius 2 is 2.05 bits per heavy atom. The highest BCUT2D eigenvalue weighted by Gasteiger charge is 2.09. The van der Waals surface area contributed by atoms with Gasteiger partial charge in [-0.2, -0.15) is 0 Å². The average molecular weight is 390 g/mol. The lowest BCUT2D eigenvalue weighted by Crippen LogP contribution is -1.97. The number of ether oxygens (including phenoxy) is 1. The zero-order valence-electron chi connectivity index (χ0n) is 9.68. The van der Waals surface area contributed by atoms with Crippen LogP contribution in [-0.4, -0.2) is 4.92 Å². The number of benzene rings is 2. The molecule has 0 amide bonds. The monoisotopic (exact) mass is 389 g/mol. The first-order valence-electron chi connectivity index (χ1n) is 5.37. The first kappa shape index (κ1) is 14.1. The van der Waals surface area contributed by atoms with Gasteiger partial charge in [0.1, 0.15) is 12.4 Å². The van der Waals surface area contributed by atoms with Gasteiger partial charge in [-0.1, -0.05) is 17.7 Å². The molecule has 6 heteroatoms. The Labute approximate surface area is 128 Å². The number of nitro groups is 1. The summed E-state index contributed by atoms with van der Waals surface area (Å²) in [4.78, 5) is 10.1. The van der Waals surface area contributed by atoms with E-state index in [-0.39, 0.29) is 12.3 Å². The van der Waals surface area contributed by atoms with E-state index in [1.54, 1.807) is 6.07 Å². The molecule has 2 aromatic carbocycles. The van der Waals surface area contributed by atoms with Crippen LogP contribution in [0.3, 0.4) is 0 Å². The Balaban J connectivity index is 2.10. The van der Waals surface area contributed by atoms with E-state index >= 15 is 0 Å². The van der Waals surface area contributed by atoms with E-state index in [0.717, 1.165) is 9.32 Å². The van der Waals surface area contributed by atoms with Gasteiger partial charge in [0.2, 0.25) is 0 Å². The number of nitro benzene ring substituents is 1. The van der Waals surface area contributed by atoms with Crippen LogP contribution in [0.15, 0.2) is 42.5 Å². The molecule has 0 bridgehead atoms. The van der Waals surface area contributed by atoms with E-state index in [4.69, 9.17) is 16.3 Å². The van der Waals surface area contributed by atoms with Crippen LogP contribution in [0.1, 0.15) is 5.56 Å². The lowest BCUT2D eigenvalue weighted by atomic mass is 10.2. The van der Waals surface area contributed by atoms with Crippen LogP contribution in [0.5, 0.6) is 5.75 Å². The predicted molar refractivity (Wildman–Crippen MR) is 81.6 cm³/mol. The second-order valence-corrected chi connectivity index (χ2v) is 5.43. The molecule has 0 saturated carbocycles. The third-order valence-electron chi connectivity index (χ3n) is 2.44. The Kier molecular flexibility index (Phi) is 4.60. The number of nitrogens with zero attached hydrogens (tertiary/aromatic N) is 1. The van der Waals surface area contributed by atoms with E-state index in [2.05, 4.69) is 22.6 Å². The van der Waals surface area contributed by atoms with Crippen LogP contribution in [0.4, 0.5) is 5.69 Å². The summed E-state index contributed by atoms with van der Waals surface area (Å²) in [7, 11) is 0. The molecule has 98 valence electrons. The van der Waals surface area contributed by atoms with E-state index in [1.165, 1.54) is 12.1 Å². The quantitative estimate of drug-likeness (QED) is 0.441. The average Bonchev–Trinajstić information content (AvgIpc) is 2.37. The molecule has 19 heavy (non-hydrogen) atoms. The van der Waals surface area contributed by atoms with Crippen LogP contribution in [0.2, 0.25) is 5.02 Å². The van der Waals surface area contributed by atoms with Crippen molar-refractivity contribution in [2.24, 2.45) is 0 Å². The van der Waals surface area contributed by atoms with Gasteiger partial charge in [-0.3, -0.25) is 10.1 Å². The Morgan fingerprint density at radius 1 is 1.26 bits per heavy atom. The highest BCUT2D eigenvalue weighted by Crippen LogP contribution is 2.24. The van der Waals surface area contributed by atoms with Crippen molar-refractivity contribution in [2.75, 3.05) is 0 Å². The molecular formula is C13H9ClINO3. The Hall–Kier alpha value is -1.34. The molecule has 2 aromatic rings. The second-order valence-electron chi connectivity index (χ2n) is 3.78. The molecule has 0 unspecified atom stereocenters. The predicted octanol–water partition coefficient (Wildman–Crippen LogP) is 4.43. The smallest absolute Gasteiger partial charge is 0.270 e. The summed E-state index contributed by atoms with van der Waals surface area (Å²) in [6.45, 7) is 0.275. The Bertz CT molecular complexity index is 619. The molecule has 0 aromatic heterocycles.